The molecule has 0 radical (unpaired) electrons. The summed E-state index contributed by atoms with van der Waals surface area (Å²) < 4.78 is 41.5. The molecule has 5 atom stereocenters. The summed E-state index contributed by atoms with van der Waals surface area (Å²) in [5.41, 5.74) is 0. The molecule has 1 aliphatic carbocycles. The molecule has 24 heteroatoms. The monoisotopic (exact) mass is 1170 g/mol. The number of unbranched alkanes of at least 4 members (excludes halogenated alkanes) is 4. The predicted octanol–water partition coefficient (Wildman–Crippen LogP) is 7.36. The van der Waals surface area contributed by atoms with E-state index in [1.165, 1.54) is 0 Å². The summed E-state index contributed by atoms with van der Waals surface area (Å²) >= 11 is 0. The number of nitrogens with zero attached hydrogens (tertiary/aromatic N) is 4. The van der Waals surface area contributed by atoms with Crippen molar-refractivity contribution in [3.05, 3.63) is 47.1 Å². The maximum absolute atomic E-state index is 12.7. The molecule has 22 nitrogen and oxygen atoms in total. The summed E-state index contributed by atoms with van der Waals surface area (Å²) in [7, 11) is 0.733. The summed E-state index contributed by atoms with van der Waals surface area (Å²) in [5, 5.41) is 23.8. The van der Waals surface area contributed by atoms with Crippen LogP contribution in [0.25, 0.3) is 9.69 Å². The Morgan fingerprint density at radius 2 is 1.01 bits per heavy atom. The lowest BCUT2D eigenvalue weighted by atomic mass is 10.0. The summed E-state index contributed by atoms with van der Waals surface area (Å²) in [4.78, 5) is 68.6. The van der Waals surface area contributed by atoms with E-state index in [1.54, 1.807) is 0 Å². The third kappa shape index (κ3) is 41.2. The van der Waals surface area contributed by atoms with Gasteiger partial charge in [-0.25, -0.2) is 27.3 Å². The van der Waals surface area contributed by atoms with Gasteiger partial charge in [0.05, 0.1) is 6.61 Å². The first kappa shape index (κ1) is 74.1. The van der Waals surface area contributed by atoms with Crippen LogP contribution in [-0.4, -0.2) is 181 Å². The van der Waals surface area contributed by atoms with Gasteiger partial charge < -0.3 is 75.1 Å². The number of carbonyl (C=O) groups excluding carboxylic acids is 5. The Kier molecular flexibility index (Phi) is 47.1. The van der Waals surface area contributed by atoms with Gasteiger partial charge in [0.1, 0.15) is 25.4 Å². The molecule has 460 valence electrons. The topological polar surface area (TPSA) is 243 Å². The summed E-state index contributed by atoms with van der Waals surface area (Å²) in [6.07, 6.45) is 15.5. The molecule has 1 aliphatic rings. The quantitative estimate of drug-likeness (QED) is 0.0169. The summed E-state index contributed by atoms with van der Waals surface area (Å²) in [6, 6.07) is 0.557. The fourth-order valence-electron chi connectivity index (χ4n) is 7.85. The van der Waals surface area contributed by atoms with Crippen molar-refractivity contribution in [1.82, 2.24) is 51.9 Å². The molecule has 5 amide bonds. The highest BCUT2D eigenvalue weighted by Crippen LogP contribution is 2.48. The third-order valence-corrected chi connectivity index (χ3v) is 16.2. The molecule has 80 heavy (non-hydrogen) atoms. The van der Waals surface area contributed by atoms with Crippen LogP contribution >= 0.6 is 17.1 Å². The molecule has 0 saturated heterocycles. The fraction of sp³-hybridized carbons (Fsp3) is 0.804. The number of rotatable bonds is 47. The van der Waals surface area contributed by atoms with Gasteiger partial charge in [0.25, 0.3) is 17.1 Å². The average molecular weight is 1170 g/mol. The standard InChI is InChI=1S/C33H59N6O6P.C23H47N6O4P/c1-27(2)39(28(3)4)46(44-23-22-35-6)45-30(24-37-31(40)18-12-8-14-20-34-5)25-38-32(41)19-13-9-15-21-36-33(42)43-26-29-16-10-7-11-17-29;1-8-26-14-10-12-23(31)28-18-21(17-27-22(30)11-9-13-24-6)33-34(32-16-15-25-7)29(19(2)3)20(4)5/h7,10-11,16,27-30,34H,8-9,12-15,17-26H2,1-5H3,(H,36,42)(H,37,40)(H,38,41);19-21,24,26H,8-18H2,1-6H3,(H,27,30)(H,28,31)/i;1T. The molecule has 0 aromatic heterocycles. The molecule has 8 N–H and O–H groups in total. The van der Waals surface area contributed by atoms with E-state index in [9.17, 15) is 24.0 Å². The maximum Gasteiger partial charge on any atom is 0.407 e. The van der Waals surface area contributed by atoms with Crippen molar-refractivity contribution in [2.45, 2.75) is 182 Å². The number of alkyl carbamates (subject to hydrolysis) is 1. The molecule has 0 aliphatic heterocycles. The van der Waals surface area contributed by atoms with Crippen molar-refractivity contribution < 1.29 is 48.2 Å². The molecule has 0 aromatic rings. The molecule has 0 heterocycles. The van der Waals surface area contributed by atoms with Crippen LogP contribution in [0.4, 0.5) is 4.79 Å². The number of hydrogen-bond donors (Lipinski definition) is 8. The molecule has 0 saturated carbocycles. The Labute approximate surface area is 486 Å². The Morgan fingerprint density at radius 1 is 0.588 bits per heavy atom. The molecule has 0 fully saturated rings. The Morgan fingerprint density at radius 3 is 1.41 bits per heavy atom. The molecular formula is C56H106N12O10P2. The van der Waals surface area contributed by atoms with E-state index in [4.69, 9.17) is 37.3 Å². The minimum atomic E-state index is -1.53. The molecule has 0 spiro atoms. The minimum absolute atomic E-state index is 0.0484. The van der Waals surface area contributed by atoms with Crippen LogP contribution in [0.5, 0.6) is 0 Å². The van der Waals surface area contributed by atoms with E-state index in [1.807, 2.05) is 32.3 Å². The largest absolute Gasteiger partial charge is 0.449 e. The molecule has 1 rings (SSSR count). The second kappa shape index (κ2) is 50.8. The lowest BCUT2D eigenvalue weighted by Crippen LogP contribution is -2.43. The maximum atomic E-state index is 12.7. The molecular weight excluding hydrogens is 1060 g/mol. The zero-order valence-corrected chi connectivity index (χ0v) is 52.2. The Balaban J connectivity index is 0.00000164. The molecule has 0 aromatic carbocycles. The summed E-state index contributed by atoms with van der Waals surface area (Å²) in [5.74, 6) is -0.0813. The van der Waals surface area contributed by atoms with Crippen LogP contribution in [0.2, 0.25) is 0 Å². The van der Waals surface area contributed by atoms with Crippen molar-refractivity contribution in [2.24, 2.45) is 5.92 Å². The fourth-order valence-corrected chi connectivity index (χ4v) is 11.2. The van der Waals surface area contributed by atoms with Gasteiger partial charge in [-0.2, -0.15) is 0 Å². The smallest absolute Gasteiger partial charge is 0.407 e. The first-order valence-corrected chi connectivity index (χ1v) is 31.2. The van der Waals surface area contributed by atoms with E-state index in [2.05, 4.69) is 123 Å². The van der Waals surface area contributed by atoms with E-state index < -0.39 is 35.4 Å². The van der Waals surface area contributed by atoms with E-state index >= 15 is 0 Å². The summed E-state index contributed by atoms with van der Waals surface area (Å²) in [6.45, 7) is 36.7. The molecule has 5 unspecified atom stereocenters. The van der Waals surface area contributed by atoms with Crippen LogP contribution in [0.15, 0.2) is 24.3 Å². The number of allylic oxidation sites excluding steroid dienone is 3. The van der Waals surface area contributed by atoms with Gasteiger partial charge in [0, 0.05) is 89.9 Å². The van der Waals surface area contributed by atoms with Crippen molar-refractivity contribution in [2.75, 3.05) is 106 Å². The lowest BCUT2D eigenvalue weighted by Gasteiger charge is -2.37. The van der Waals surface area contributed by atoms with Gasteiger partial charge in [-0.05, 0) is 141 Å². The zero-order chi connectivity index (χ0) is 60.5. The first-order chi connectivity index (χ1) is 38.9. The van der Waals surface area contributed by atoms with Crippen LogP contribution in [0, 0.1) is 19.1 Å². The van der Waals surface area contributed by atoms with E-state index in [0.717, 1.165) is 58.0 Å². The van der Waals surface area contributed by atoms with E-state index in [-0.39, 0.29) is 106 Å². The average Bonchev–Trinajstić information content (AvgIpc) is 3.44. The number of carbonyl (C=O) groups is 5. The van der Waals surface area contributed by atoms with Gasteiger partial charge in [-0.15, -0.1) is 0 Å². The number of amides is 5. The number of hydrogen-bond acceptors (Lipinski definition) is 15. The Bertz CT molecular complexity index is 1800. The minimum Gasteiger partial charge on any atom is -0.449 e. The highest BCUT2D eigenvalue weighted by molar-refractivity contribution is 7.44. The zero-order valence-electron chi connectivity index (χ0n) is 51.4. The second-order valence-electron chi connectivity index (χ2n) is 20.3. The van der Waals surface area contributed by atoms with Crippen molar-refractivity contribution in [3.63, 3.8) is 0 Å². The first-order valence-electron chi connectivity index (χ1n) is 29.7. The van der Waals surface area contributed by atoms with Crippen molar-refractivity contribution in [1.29, 1.82) is 0 Å². The lowest BCUT2D eigenvalue weighted by molar-refractivity contribution is -0.123. The normalized spacial score (nSPS) is 14.7. The third-order valence-electron chi connectivity index (χ3n) is 11.8. The van der Waals surface area contributed by atoms with Crippen LogP contribution in [0.3, 0.4) is 0 Å². The van der Waals surface area contributed by atoms with Crippen molar-refractivity contribution >= 4 is 46.8 Å². The van der Waals surface area contributed by atoms with Gasteiger partial charge in [0.2, 0.25) is 36.7 Å². The highest BCUT2D eigenvalue weighted by atomic mass is 31.2. The van der Waals surface area contributed by atoms with Crippen LogP contribution in [0.1, 0.15) is 147 Å². The highest BCUT2D eigenvalue weighted by Gasteiger charge is 2.32. The van der Waals surface area contributed by atoms with Crippen LogP contribution < -0.4 is 42.5 Å². The van der Waals surface area contributed by atoms with Gasteiger partial charge in [-0.3, -0.25) is 19.2 Å². The Hall–Kier alpha value is -3.89. The van der Waals surface area contributed by atoms with Gasteiger partial charge in [0.15, 0.2) is 0 Å². The predicted molar refractivity (Wildman–Crippen MR) is 322 cm³/mol. The van der Waals surface area contributed by atoms with Gasteiger partial charge >= 0.3 is 6.09 Å². The van der Waals surface area contributed by atoms with Crippen molar-refractivity contribution in [3.8, 4) is 0 Å². The van der Waals surface area contributed by atoms with E-state index in [0.29, 0.717) is 71.7 Å². The molecule has 0 bridgehead atoms. The SMILES string of the molecule is [3H]CCNCCCC(=O)NCC(CNC(=O)CCCNC)OP(OCC[N+]#[C-])N(C(C)C)C(C)C.[C-]#[N+]CCOP(OC(CNC(=O)CCCCCNC)CNC(=O)CCCCCNC(=O)OCC1C=CC=CC1)N(C(C)C)C(C)C. The van der Waals surface area contributed by atoms with Gasteiger partial charge in [-0.1, -0.05) is 44.0 Å². The number of nitrogens with one attached hydrogen (secondary N) is 8. The number of ether oxygens (including phenoxy) is 1. The second-order valence-corrected chi connectivity index (χ2v) is 23.1. The van der Waals surface area contributed by atoms with Crippen LogP contribution in [-0.2, 0) is 42.0 Å².